The lowest BCUT2D eigenvalue weighted by atomic mass is 9.95. The summed E-state index contributed by atoms with van der Waals surface area (Å²) in [5.41, 5.74) is 2.74. The number of carbonyl (C=O) groups is 2. The summed E-state index contributed by atoms with van der Waals surface area (Å²) < 4.78 is 2.92. The van der Waals surface area contributed by atoms with Crippen molar-refractivity contribution < 1.29 is 9.59 Å². The van der Waals surface area contributed by atoms with Crippen molar-refractivity contribution in [3.8, 4) is 5.82 Å². The third kappa shape index (κ3) is 3.42. The molecule has 3 heterocycles. The van der Waals surface area contributed by atoms with Crippen LogP contribution in [-0.4, -0.2) is 50.1 Å². The van der Waals surface area contributed by atoms with Crippen LogP contribution in [0.2, 0.25) is 5.02 Å². The summed E-state index contributed by atoms with van der Waals surface area (Å²) in [5, 5.41) is 6.16. The van der Waals surface area contributed by atoms with Crippen molar-refractivity contribution in [1.82, 2.24) is 24.3 Å². The lowest BCUT2D eigenvalue weighted by molar-refractivity contribution is -0.125. The number of hydrogen-bond acceptors (Lipinski definition) is 5. The van der Waals surface area contributed by atoms with Crippen LogP contribution < -0.4 is 16.3 Å². The first-order valence-electron chi connectivity index (χ1n) is 11.6. The maximum atomic E-state index is 13.3. The van der Waals surface area contributed by atoms with Crippen molar-refractivity contribution >= 4 is 40.1 Å². The highest BCUT2D eigenvalue weighted by molar-refractivity contribution is 6.33. The number of benzene rings is 2. The summed E-state index contributed by atoms with van der Waals surface area (Å²) in [7, 11) is 1.92. The molecule has 2 aromatic carbocycles. The van der Waals surface area contributed by atoms with Crippen LogP contribution in [0.25, 0.3) is 16.9 Å². The van der Waals surface area contributed by atoms with E-state index in [1.165, 1.54) is 9.13 Å². The quantitative estimate of drug-likeness (QED) is 0.446. The summed E-state index contributed by atoms with van der Waals surface area (Å²) in [4.78, 5) is 45.3. The molecule has 1 aliphatic heterocycles. The molecule has 2 N–H and O–H groups in total. The molecule has 10 heteroatoms. The number of hydrogen-bond donors (Lipinski definition) is 2. The van der Waals surface area contributed by atoms with Crippen LogP contribution in [0, 0.1) is 0 Å². The van der Waals surface area contributed by atoms with E-state index in [9.17, 15) is 14.4 Å². The Morgan fingerprint density at radius 3 is 2.50 bits per heavy atom. The fraction of sp³-hybridized carbons (Fsp3) is 0.231. The third-order valence-corrected chi connectivity index (χ3v) is 7.49. The highest BCUT2D eigenvalue weighted by Gasteiger charge is 2.50. The zero-order valence-corrected chi connectivity index (χ0v) is 20.2. The Hall–Kier alpha value is -3.95. The summed E-state index contributed by atoms with van der Waals surface area (Å²) >= 11 is 6.52. The van der Waals surface area contributed by atoms with E-state index in [0.29, 0.717) is 47.1 Å². The van der Waals surface area contributed by atoms with E-state index in [1.807, 2.05) is 42.3 Å². The highest BCUT2D eigenvalue weighted by atomic mass is 35.5. The average molecular weight is 503 g/mol. The Kier molecular flexibility index (Phi) is 5.20. The van der Waals surface area contributed by atoms with E-state index < -0.39 is 5.54 Å². The smallest absolute Gasteiger partial charge is 0.335 e. The summed E-state index contributed by atoms with van der Waals surface area (Å²) in [6.45, 7) is 0.312. The van der Waals surface area contributed by atoms with E-state index in [2.05, 4.69) is 15.6 Å². The molecule has 1 spiro atoms. The normalized spacial score (nSPS) is 19.1. The number of nitrogens with zero attached hydrogens (tertiary/aromatic N) is 4. The van der Waals surface area contributed by atoms with Crippen LogP contribution in [0.3, 0.4) is 0 Å². The van der Waals surface area contributed by atoms with Gasteiger partial charge in [0.2, 0.25) is 11.8 Å². The van der Waals surface area contributed by atoms with Gasteiger partial charge in [0, 0.05) is 19.0 Å². The zero-order chi connectivity index (χ0) is 25.0. The van der Waals surface area contributed by atoms with Gasteiger partial charge in [0.25, 0.3) is 0 Å². The molecule has 1 fully saturated rings. The van der Waals surface area contributed by atoms with E-state index in [4.69, 9.17) is 11.6 Å². The van der Waals surface area contributed by atoms with Gasteiger partial charge in [0.1, 0.15) is 17.9 Å². The van der Waals surface area contributed by atoms with E-state index >= 15 is 0 Å². The number of pyridine rings is 1. The second-order valence-electron chi connectivity index (χ2n) is 9.28. The minimum Gasteiger partial charge on any atom is -0.342 e. The van der Waals surface area contributed by atoms with Gasteiger partial charge < -0.3 is 10.6 Å². The largest absolute Gasteiger partial charge is 0.342 e. The average Bonchev–Trinajstić information content (AvgIpc) is 3.47. The minimum atomic E-state index is -0.616. The van der Waals surface area contributed by atoms with E-state index in [1.54, 1.807) is 30.5 Å². The monoisotopic (exact) mass is 502 g/mol. The predicted octanol–water partition coefficient (Wildman–Crippen LogP) is 2.34. The van der Waals surface area contributed by atoms with Gasteiger partial charge in [-0.15, -0.1) is 0 Å². The van der Waals surface area contributed by atoms with Crippen molar-refractivity contribution in [3.63, 3.8) is 0 Å². The number of halogens is 1. The van der Waals surface area contributed by atoms with Crippen molar-refractivity contribution in [2.45, 2.75) is 24.9 Å². The molecule has 9 nitrogen and oxygen atoms in total. The number of aromatic nitrogens is 3. The van der Waals surface area contributed by atoms with Crippen LogP contribution in [0.15, 0.2) is 65.6 Å². The molecule has 0 saturated carbocycles. The Labute approximate surface area is 211 Å². The van der Waals surface area contributed by atoms with Crippen molar-refractivity contribution in [1.29, 1.82) is 0 Å². The number of fused-ring (bicyclic) bond motifs is 2. The first-order chi connectivity index (χ1) is 17.4. The van der Waals surface area contributed by atoms with Gasteiger partial charge in [-0.05, 0) is 54.6 Å². The molecule has 0 radical (unpaired) electrons. The van der Waals surface area contributed by atoms with Crippen molar-refractivity contribution in [2.75, 3.05) is 19.0 Å². The number of anilines is 1. The molecule has 36 heavy (non-hydrogen) atoms. The number of para-hydroxylation sites is 2. The van der Waals surface area contributed by atoms with Crippen molar-refractivity contribution in [2.24, 2.45) is 0 Å². The molecule has 6 rings (SSSR count). The number of carbonyl (C=O) groups excluding carboxylic acids is 2. The van der Waals surface area contributed by atoms with Crippen molar-refractivity contribution in [3.05, 3.63) is 87.4 Å². The van der Waals surface area contributed by atoms with Gasteiger partial charge >= 0.3 is 5.69 Å². The Bertz CT molecular complexity index is 1590. The Morgan fingerprint density at radius 2 is 1.81 bits per heavy atom. The summed E-state index contributed by atoms with van der Waals surface area (Å²) in [6, 6.07) is 16.3. The Balaban J connectivity index is 1.29. The van der Waals surface area contributed by atoms with E-state index in [0.717, 1.165) is 11.1 Å². The summed E-state index contributed by atoms with van der Waals surface area (Å²) in [5.74, 6) is 0.104. The molecular formula is C26H23ClN6O3. The molecule has 2 amide bonds. The van der Waals surface area contributed by atoms with Crippen LogP contribution in [0.5, 0.6) is 0 Å². The predicted molar refractivity (Wildman–Crippen MR) is 136 cm³/mol. The maximum absolute atomic E-state index is 13.3. The topological polar surface area (TPSA) is 101 Å². The fourth-order valence-electron chi connectivity index (χ4n) is 5.29. The number of imidazole rings is 1. The second-order valence-corrected chi connectivity index (χ2v) is 9.68. The first-order valence-corrected chi connectivity index (χ1v) is 12.0. The molecule has 2 aromatic heterocycles. The van der Waals surface area contributed by atoms with Gasteiger partial charge in [-0.1, -0.05) is 29.8 Å². The van der Waals surface area contributed by atoms with Crippen LogP contribution in [-0.2, 0) is 29.0 Å². The molecule has 2 aliphatic rings. The third-order valence-electron chi connectivity index (χ3n) is 7.18. The van der Waals surface area contributed by atoms with Crippen LogP contribution in [0.4, 0.5) is 5.69 Å². The van der Waals surface area contributed by atoms with Gasteiger partial charge in [-0.25, -0.2) is 14.3 Å². The highest BCUT2D eigenvalue weighted by Crippen LogP contribution is 2.40. The van der Waals surface area contributed by atoms with Crippen LogP contribution in [0.1, 0.15) is 11.1 Å². The van der Waals surface area contributed by atoms with E-state index in [-0.39, 0.29) is 24.0 Å². The first kappa shape index (κ1) is 22.5. The summed E-state index contributed by atoms with van der Waals surface area (Å²) in [6.07, 6.45) is 2.73. The second kappa shape index (κ2) is 8.32. The molecule has 4 aromatic rings. The molecule has 1 saturated heterocycles. The van der Waals surface area contributed by atoms with Gasteiger partial charge in [0.05, 0.1) is 28.4 Å². The number of amides is 2. The van der Waals surface area contributed by atoms with Gasteiger partial charge in [-0.3, -0.25) is 19.1 Å². The Morgan fingerprint density at radius 1 is 1.08 bits per heavy atom. The number of likely N-dealkylation sites (N-methyl/N-ethyl adjacent to an activating group) is 1. The standard InChI is InChI=1S/C26H23ClN6O3/c1-31-15-29-24(35)26(31)12-16-10-18(27)19(11-17(16)13-26)30-23(34)14-32-20-6-2-3-7-21(20)33(25(32)36)22-8-4-5-9-28-22/h2-11H,12-15H2,1H3,(H,29,35)(H,30,34). The zero-order valence-electron chi connectivity index (χ0n) is 19.5. The lowest BCUT2D eigenvalue weighted by Crippen LogP contribution is -2.48. The fourth-order valence-corrected chi connectivity index (χ4v) is 5.52. The minimum absolute atomic E-state index is 0.00609. The molecule has 1 aliphatic carbocycles. The number of rotatable bonds is 4. The number of nitrogens with one attached hydrogen (secondary N) is 2. The molecule has 0 bridgehead atoms. The van der Waals surface area contributed by atoms with Gasteiger partial charge in [-0.2, -0.15) is 0 Å². The molecule has 182 valence electrons. The lowest BCUT2D eigenvalue weighted by Gasteiger charge is -2.27. The van der Waals surface area contributed by atoms with Crippen LogP contribution >= 0.6 is 11.6 Å². The maximum Gasteiger partial charge on any atom is 0.335 e. The van der Waals surface area contributed by atoms with Gasteiger partial charge in [0.15, 0.2) is 0 Å². The SMILES string of the molecule is CN1CNC(=O)C12Cc1cc(Cl)c(NC(=O)Cn3c(=O)n(-c4ccccn4)c4ccccc43)cc1C2. The molecule has 1 unspecified atom stereocenters. The molecular weight excluding hydrogens is 480 g/mol. The molecule has 1 atom stereocenters.